The van der Waals surface area contributed by atoms with Crippen LogP contribution in [-0.2, 0) is 0 Å². The fraction of sp³-hybridized carbons (Fsp3) is 0.944. The molecule has 5 nitrogen and oxygen atoms in total. The van der Waals surface area contributed by atoms with Crippen molar-refractivity contribution in [3.8, 4) is 0 Å². The Morgan fingerprint density at radius 3 is 2.61 bits per heavy atom. The van der Waals surface area contributed by atoms with Crippen molar-refractivity contribution in [1.82, 2.24) is 20.4 Å². The fourth-order valence-electron chi connectivity index (χ4n) is 4.43. The lowest BCUT2D eigenvalue weighted by Crippen LogP contribution is -2.45. The van der Waals surface area contributed by atoms with Gasteiger partial charge in [-0.2, -0.15) is 0 Å². The summed E-state index contributed by atoms with van der Waals surface area (Å²) < 4.78 is 0. The van der Waals surface area contributed by atoms with Gasteiger partial charge in [0, 0.05) is 37.8 Å². The molecular formula is C18H35N5. The van der Waals surface area contributed by atoms with Crippen LogP contribution < -0.4 is 10.6 Å². The normalized spacial score (nSPS) is 31.1. The van der Waals surface area contributed by atoms with Crippen molar-refractivity contribution in [2.24, 2.45) is 4.99 Å². The van der Waals surface area contributed by atoms with E-state index in [0.29, 0.717) is 12.1 Å². The van der Waals surface area contributed by atoms with Gasteiger partial charge in [0.05, 0.1) is 6.54 Å². The highest BCUT2D eigenvalue weighted by molar-refractivity contribution is 5.80. The minimum atomic E-state index is 0.565. The lowest BCUT2D eigenvalue weighted by Gasteiger charge is -2.24. The van der Waals surface area contributed by atoms with Gasteiger partial charge in [0.1, 0.15) is 0 Å². The molecule has 1 aliphatic carbocycles. The second kappa shape index (κ2) is 8.34. The van der Waals surface area contributed by atoms with Crippen LogP contribution in [0.1, 0.15) is 51.9 Å². The van der Waals surface area contributed by atoms with E-state index in [1.54, 1.807) is 0 Å². The fourth-order valence-corrected chi connectivity index (χ4v) is 4.43. The summed E-state index contributed by atoms with van der Waals surface area (Å²) in [7, 11) is 2.23. The Morgan fingerprint density at radius 1 is 1.09 bits per heavy atom. The van der Waals surface area contributed by atoms with Gasteiger partial charge in [-0.25, -0.2) is 0 Å². The Bertz CT molecular complexity index is 391. The largest absolute Gasteiger partial charge is 0.357 e. The minimum Gasteiger partial charge on any atom is -0.357 e. The Labute approximate surface area is 141 Å². The highest BCUT2D eigenvalue weighted by Gasteiger charge is 2.30. The summed E-state index contributed by atoms with van der Waals surface area (Å²) in [6.07, 6.45) is 9.54. The van der Waals surface area contributed by atoms with Gasteiger partial charge in [0.25, 0.3) is 0 Å². The van der Waals surface area contributed by atoms with E-state index < -0.39 is 0 Å². The first-order valence-corrected chi connectivity index (χ1v) is 9.75. The van der Waals surface area contributed by atoms with Crippen molar-refractivity contribution in [3.63, 3.8) is 0 Å². The van der Waals surface area contributed by atoms with Crippen LogP contribution in [0.25, 0.3) is 0 Å². The molecule has 3 fully saturated rings. The zero-order valence-corrected chi connectivity index (χ0v) is 15.1. The Hall–Kier alpha value is -0.810. The van der Waals surface area contributed by atoms with Crippen molar-refractivity contribution in [3.05, 3.63) is 0 Å². The molecule has 3 aliphatic rings. The summed E-state index contributed by atoms with van der Waals surface area (Å²) in [4.78, 5) is 10.0. The molecule has 2 heterocycles. The smallest absolute Gasteiger partial charge is 0.191 e. The van der Waals surface area contributed by atoms with E-state index in [9.17, 15) is 0 Å². The molecule has 2 atom stereocenters. The maximum Gasteiger partial charge on any atom is 0.191 e. The number of hydrogen-bond donors (Lipinski definition) is 2. The molecule has 0 bridgehead atoms. The van der Waals surface area contributed by atoms with Crippen LogP contribution in [0.5, 0.6) is 0 Å². The number of nitrogens with one attached hydrogen (secondary N) is 2. The third-order valence-corrected chi connectivity index (χ3v) is 5.88. The van der Waals surface area contributed by atoms with Crippen LogP contribution in [0.4, 0.5) is 0 Å². The predicted octanol–water partition coefficient (Wildman–Crippen LogP) is 1.65. The third kappa shape index (κ3) is 4.60. The topological polar surface area (TPSA) is 42.9 Å². The van der Waals surface area contributed by atoms with Gasteiger partial charge in [-0.15, -0.1) is 0 Å². The Balaban J connectivity index is 1.48. The number of likely N-dealkylation sites (N-methyl/N-ethyl adjacent to an activating group) is 1. The number of likely N-dealkylation sites (tertiary alicyclic amines) is 2. The molecule has 23 heavy (non-hydrogen) atoms. The lowest BCUT2D eigenvalue weighted by atomic mass is 10.2. The van der Waals surface area contributed by atoms with Gasteiger partial charge in [0.15, 0.2) is 5.96 Å². The Morgan fingerprint density at radius 2 is 1.91 bits per heavy atom. The second-order valence-electron chi connectivity index (χ2n) is 7.56. The zero-order chi connectivity index (χ0) is 16.1. The van der Waals surface area contributed by atoms with Crippen LogP contribution in [0.15, 0.2) is 4.99 Å². The molecule has 0 radical (unpaired) electrons. The molecule has 0 aromatic carbocycles. The first kappa shape index (κ1) is 17.0. The summed E-state index contributed by atoms with van der Waals surface area (Å²) in [5.74, 6) is 1.02. The van der Waals surface area contributed by atoms with Crippen LogP contribution in [0, 0.1) is 0 Å². The minimum absolute atomic E-state index is 0.565. The maximum absolute atomic E-state index is 4.87. The number of nitrogens with zero attached hydrogens (tertiary/aromatic N) is 3. The first-order chi connectivity index (χ1) is 11.3. The highest BCUT2D eigenvalue weighted by Crippen LogP contribution is 2.26. The maximum atomic E-state index is 4.87. The van der Waals surface area contributed by atoms with E-state index >= 15 is 0 Å². The molecule has 0 spiro atoms. The summed E-state index contributed by atoms with van der Waals surface area (Å²) in [6, 6.07) is 2.05. The van der Waals surface area contributed by atoms with Gasteiger partial charge < -0.3 is 15.5 Å². The predicted molar refractivity (Wildman–Crippen MR) is 97.0 cm³/mol. The summed E-state index contributed by atoms with van der Waals surface area (Å²) in [6.45, 7) is 7.68. The molecule has 2 saturated heterocycles. The van der Waals surface area contributed by atoms with Gasteiger partial charge in [-0.3, -0.25) is 9.89 Å². The van der Waals surface area contributed by atoms with E-state index in [2.05, 4.69) is 34.4 Å². The van der Waals surface area contributed by atoms with Crippen molar-refractivity contribution in [2.45, 2.75) is 70.0 Å². The zero-order valence-electron chi connectivity index (χ0n) is 15.1. The first-order valence-electron chi connectivity index (χ1n) is 9.75. The number of rotatable bonds is 5. The van der Waals surface area contributed by atoms with Crippen LogP contribution in [-0.4, -0.2) is 73.7 Å². The van der Waals surface area contributed by atoms with Crippen molar-refractivity contribution in [2.75, 3.05) is 39.8 Å². The van der Waals surface area contributed by atoms with E-state index in [4.69, 9.17) is 4.99 Å². The van der Waals surface area contributed by atoms with Crippen LogP contribution in [0.3, 0.4) is 0 Å². The molecule has 2 aliphatic heterocycles. The average molecular weight is 322 g/mol. The summed E-state index contributed by atoms with van der Waals surface area (Å²) in [5, 5.41) is 7.12. The molecule has 0 aromatic rings. The molecular weight excluding hydrogens is 286 g/mol. The molecule has 3 rings (SSSR count). The molecule has 2 N–H and O–H groups in total. The van der Waals surface area contributed by atoms with E-state index in [1.165, 1.54) is 64.6 Å². The SMILES string of the molecule is CCNC(=NCC1CCCN1C)NC1CCN(C2CCCC2)C1. The third-order valence-electron chi connectivity index (χ3n) is 5.88. The highest BCUT2D eigenvalue weighted by atomic mass is 15.3. The monoisotopic (exact) mass is 321 g/mol. The second-order valence-corrected chi connectivity index (χ2v) is 7.56. The Kier molecular flexibility index (Phi) is 6.17. The van der Waals surface area contributed by atoms with E-state index in [-0.39, 0.29) is 0 Å². The molecule has 0 aromatic heterocycles. The van der Waals surface area contributed by atoms with Crippen LogP contribution >= 0.6 is 0 Å². The quantitative estimate of drug-likeness (QED) is 0.597. The van der Waals surface area contributed by atoms with Gasteiger partial charge in [0.2, 0.25) is 0 Å². The van der Waals surface area contributed by atoms with Gasteiger partial charge in [-0.1, -0.05) is 12.8 Å². The standard InChI is InChI=1S/C18H35N5/c1-3-19-18(20-13-17-9-6-11-22(17)2)21-15-10-12-23(14-15)16-7-4-5-8-16/h15-17H,3-14H2,1-2H3,(H2,19,20,21). The number of aliphatic imine (C=N–C) groups is 1. The average Bonchev–Trinajstić information content (AvgIpc) is 3.26. The van der Waals surface area contributed by atoms with Crippen molar-refractivity contribution in [1.29, 1.82) is 0 Å². The summed E-state index contributed by atoms with van der Waals surface area (Å²) >= 11 is 0. The molecule has 0 amide bonds. The molecule has 132 valence electrons. The van der Waals surface area contributed by atoms with Crippen molar-refractivity contribution >= 4 is 5.96 Å². The van der Waals surface area contributed by atoms with E-state index in [0.717, 1.165) is 25.1 Å². The van der Waals surface area contributed by atoms with Crippen LogP contribution in [0.2, 0.25) is 0 Å². The van der Waals surface area contributed by atoms with Gasteiger partial charge >= 0.3 is 0 Å². The van der Waals surface area contributed by atoms with E-state index in [1.807, 2.05) is 0 Å². The number of hydrogen-bond acceptors (Lipinski definition) is 3. The molecule has 5 heteroatoms. The van der Waals surface area contributed by atoms with Crippen molar-refractivity contribution < 1.29 is 0 Å². The number of guanidine groups is 1. The lowest BCUT2D eigenvalue weighted by molar-refractivity contribution is 0.242. The molecule has 2 unspecified atom stereocenters. The molecule has 1 saturated carbocycles. The van der Waals surface area contributed by atoms with Gasteiger partial charge in [-0.05, 0) is 52.6 Å². The summed E-state index contributed by atoms with van der Waals surface area (Å²) in [5.41, 5.74) is 0.